The first-order chi connectivity index (χ1) is 12.6. The van der Waals surface area contributed by atoms with Crippen LogP contribution in [-0.4, -0.2) is 38.4 Å². The number of methoxy groups -OCH3 is 1. The van der Waals surface area contributed by atoms with Gasteiger partial charge in [-0.15, -0.1) is 0 Å². The molecular formula is C19H20N2O5. The molecule has 0 bridgehead atoms. The van der Waals surface area contributed by atoms with E-state index >= 15 is 0 Å². The molecule has 0 aliphatic rings. The summed E-state index contributed by atoms with van der Waals surface area (Å²) in [5, 5.41) is 3.93. The SMILES string of the molecule is CCOC(=O)COc1ccccc1/C=N\NC(=O)c1ccc(OC)cc1. The van der Waals surface area contributed by atoms with Gasteiger partial charge in [-0.05, 0) is 43.3 Å². The van der Waals surface area contributed by atoms with Crippen LogP contribution in [0.15, 0.2) is 53.6 Å². The van der Waals surface area contributed by atoms with Gasteiger partial charge in [0.05, 0.1) is 19.9 Å². The van der Waals surface area contributed by atoms with Crippen LogP contribution in [0.25, 0.3) is 0 Å². The summed E-state index contributed by atoms with van der Waals surface area (Å²) in [4.78, 5) is 23.4. The Labute approximate surface area is 151 Å². The third-order valence-electron chi connectivity index (χ3n) is 3.29. The predicted molar refractivity (Wildman–Crippen MR) is 96.6 cm³/mol. The van der Waals surface area contributed by atoms with Gasteiger partial charge in [-0.2, -0.15) is 5.10 Å². The van der Waals surface area contributed by atoms with Crippen LogP contribution >= 0.6 is 0 Å². The van der Waals surface area contributed by atoms with Crippen molar-refractivity contribution in [3.05, 3.63) is 59.7 Å². The van der Waals surface area contributed by atoms with Crippen molar-refractivity contribution in [2.45, 2.75) is 6.92 Å². The smallest absolute Gasteiger partial charge is 0.344 e. The van der Waals surface area contributed by atoms with Crippen LogP contribution in [-0.2, 0) is 9.53 Å². The fourth-order valence-electron chi connectivity index (χ4n) is 2.03. The number of carbonyl (C=O) groups excluding carboxylic acids is 2. The van der Waals surface area contributed by atoms with Gasteiger partial charge in [-0.1, -0.05) is 12.1 Å². The number of amides is 1. The number of para-hydroxylation sites is 1. The number of carbonyl (C=O) groups is 2. The maximum absolute atomic E-state index is 12.0. The number of nitrogens with zero attached hydrogens (tertiary/aromatic N) is 1. The van der Waals surface area contributed by atoms with E-state index in [9.17, 15) is 9.59 Å². The van der Waals surface area contributed by atoms with Crippen LogP contribution < -0.4 is 14.9 Å². The summed E-state index contributed by atoms with van der Waals surface area (Å²) in [6.07, 6.45) is 1.45. The number of ether oxygens (including phenoxy) is 3. The van der Waals surface area contributed by atoms with Crippen molar-refractivity contribution in [2.24, 2.45) is 5.10 Å². The Morgan fingerprint density at radius 1 is 1.12 bits per heavy atom. The molecule has 26 heavy (non-hydrogen) atoms. The largest absolute Gasteiger partial charge is 0.497 e. The average molecular weight is 356 g/mol. The second kappa shape index (κ2) is 9.83. The van der Waals surface area contributed by atoms with Crippen LogP contribution in [0.5, 0.6) is 11.5 Å². The number of hydrogen-bond acceptors (Lipinski definition) is 6. The highest BCUT2D eigenvalue weighted by molar-refractivity contribution is 5.95. The Kier molecular flexibility index (Phi) is 7.17. The van der Waals surface area contributed by atoms with Crippen LogP contribution in [0, 0.1) is 0 Å². The summed E-state index contributed by atoms with van der Waals surface area (Å²) in [6, 6.07) is 13.7. The van der Waals surface area contributed by atoms with Crippen molar-refractivity contribution in [3.8, 4) is 11.5 Å². The van der Waals surface area contributed by atoms with Gasteiger partial charge in [-0.25, -0.2) is 10.2 Å². The number of esters is 1. The lowest BCUT2D eigenvalue weighted by molar-refractivity contribution is -0.145. The van der Waals surface area contributed by atoms with Crippen molar-refractivity contribution in [2.75, 3.05) is 20.3 Å². The lowest BCUT2D eigenvalue weighted by Crippen LogP contribution is -2.18. The first-order valence-electron chi connectivity index (χ1n) is 7.99. The highest BCUT2D eigenvalue weighted by Gasteiger charge is 2.07. The fourth-order valence-corrected chi connectivity index (χ4v) is 2.03. The molecule has 136 valence electrons. The molecule has 0 spiro atoms. The summed E-state index contributed by atoms with van der Waals surface area (Å²) >= 11 is 0. The van der Waals surface area contributed by atoms with E-state index in [1.807, 2.05) is 0 Å². The van der Waals surface area contributed by atoms with E-state index in [1.165, 1.54) is 6.21 Å². The summed E-state index contributed by atoms with van der Waals surface area (Å²) < 4.78 is 15.3. The monoisotopic (exact) mass is 356 g/mol. The van der Waals surface area contributed by atoms with E-state index in [1.54, 1.807) is 62.6 Å². The number of hydrogen-bond donors (Lipinski definition) is 1. The minimum absolute atomic E-state index is 0.198. The van der Waals surface area contributed by atoms with Gasteiger partial charge in [0.25, 0.3) is 5.91 Å². The van der Waals surface area contributed by atoms with Gasteiger partial charge in [0, 0.05) is 11.1 Å². The topological polar surface area (TPSA) is 86.2 Å². The maximum Gasteiger partial charge on any atom is 0.344 e. The molecule has 0 aliphatic heterocycles. The molecule has 2 rings (SSSR count). The summed E-state index contributed by atoms with van der Waals surface area (Å²) in [5.74, 6) is 0.321. The number of nitrogens with one attached hydrogen (secondary N) is 1. The van der Waals surface area contributed by atoms with Crippen LogP contribution in [0.3, 0.4) is 0 Å². The molecule has 0 radical (unpaired) electrons. The molecule has 7 nitrogen and oxygen atoms in total. The van der Waals surface area contributed by atoms with E-state index in [-0.39, 0.29) is 12.5 Å². The molecule has 2 aromatic carbocycles. The molecule has 1 amide bonds. The van der Waals surface area contributed by atoms with E-state index in [2.05, 4.69) is 10.5 Å². The highest BCUT2D eigenvalue weighted by atomic mass is 16.6. The van der Waals surface area contributed by atoms with Gasteiger partial charge >= 0.3 is 5.97 Å². The van der Waals surface area contributed by atoms with E-state index < -0.39 is 5.97 Å². The predicted octanol–water partition coefficient (Wildman–Crippen LogP) is 2.40. The lowest BCUT2D eigenvalue weighted by atomic mass is 10.2. The van der Waals surface area contributed by atoms with Gasteiger partial charge in [0.2, 0.25) is 0 Å². The molecule has 0 fully saturated rings. The summed E-state index contributed by atoms with van der Waals surface area (Å²) in [6.45, 7) is 1.82. The van der Waals surface area contributed by atoms with Crippen LogP contribution in [0.4, 0.5) is 0 Å². The van der Waals surface area contributed by atoms with E-state index in [0.717, 1.165) is 0 Å². The first-order valence-corrected chi connectivity index (χ1v) is 7.99. The van der Waals surface area contributed by atoms with Crippen molar-refractivity contribution < 1.29 is 23.8 Å². The maximum atomic E-state index is 12.0. The molecule has 0 aromatic heterocycles. The zero-order valence-corrected chi connectivity index (χ0v) is 14.6. The van der Waals surface area contributed by atoms with Crippen molar-refractivity contribution in [1.82, 2.24) is 5.43 Å². The second-order valence-corrected chi connectivity index (χ2v) is 5.06. The molecule has 2 aromatic rings. The Hall–Kier alpha value is -3.35. The normalized spacial score (nSPS) is 10.4. The van der Waals surface area contributed by atoms with Crippen molar-refractivity contribution in [3.63, 3.8) is 0 Å². The summed E-state index contributed by atoms with van der Waals surface area (Å²) in [7, 11) is 1.56. The Balaban J connectivity index is 1.96. The lowest BCUT2D eigenvalue weighted by Gasteiger charge is -2.08. The minimum Gasteiger partial charge on any atom is -0.497 e. The first kappa shape index (κ1) is 19.0. The number of hydrazone groups is 1. The standard InChI is InChI=1S/C19H20N2O5/c1-3-25-18(22)13-26-17-7-5-4-6-15(17)12-20-21-19(23)14-8-10-16(24-2)11-9-14/h4-12H,3,13H2,1-2H3,(H,21,23)/b20-12-. The Bertz CT molecular complexity index is 772. The minimum atomic E-state index is -0.452. The molecule has 0 heterocycles. The molecule has 0 aliphatic carbocycles. The van der Waals surface area contributed by atoms with Crippen LogP contribution in [0.1, 0.15) is 22.8 Å². The quantitative estimate of drug-likeness (QED) is 0.446. The second-order valence-electron chi connectivity index (χ2n) is 5.06. The van der Waals surface area contributed by atoms with Gasteiger partial charge in [-0.3, -0.25) is 4.79 Å². The molecule has 0 saturated heterocycles. The zero-order chi connectivity index (χ0) is 18.8. The number of benzene rings is 2. The molecule has 0 atom stereocenters. The van der Waals surface area contributed by atoms with Crippen molar-refractivity contribution >= 4 is 18.1 Å². The Morgan fingerprint density at radius 2 is 1.85 bits per heavy atom. The molecule has 0 saturated carbocycles. The molecular weight excluding hydrogens is 336 g/mol. The third kappa shape index (κ3) is 5.62. The summed E-state index contributed by atoms with van der Waals surface area (Å²) in [5.41, 5.74) is 3.51. The fraction of sp³-hybridized carbons (Fsp3) is 0.211. The van der Waals surface area contributed by atoms with Crippen LogP contribution in [0.2, 0.25) is 0 Å². The molecule has 0 unspecified atom stereocenters. The van der Waals surface area contributed by atoms with E-state index in [4.69, 9.17) is 14.2 Å². The third-order valence-corrected chi connectivity index (χ3v) is 3.29. The molecule has 1 N–H and O–H groups in total. The average Bonchev–Trinajstić information content (AvgIpc) is 2.67. The zero-order valence-electron chi connectivity index (χ0n) is 14.6. The van der Waals surface area contributed by atoms with Gasteiger partial charge < -0.3 is 14.2 Å². The van der Waals surface area contributed by atoms with Crippen molar-refractivity contribution in [1.29, 1.82) is 0 Å². The van der Waals surface area contributed by atoms with Gasteiger partial charge in [0.15, 0.2) is 6.61 Å². The number of rotatable bonds is 8. The highest BCUT2D eigenvalue weighted by Crippen LogP contribution is 2.16. The Morgan fingerprint density at radius 3 is 2.54 bits per heavy atom. The molecule has 7 heteroatoms. The van der Waals surface area contributed by atoms with Gasteiger partial charge in [0.1, 0.15) is 11.5 Å². The van der Waals surface area contributed by atoms with E-state index in [0.29, 0.717) is 29.2 Å².